The van der Waals surface area contributed by atoms with Gasteiger partial charge in [0.2, 0.25) is 5.91 Å². The molecule has 0 heterocycles. The number of nitrogens with zero attached hydrogens (tertiary/aromatic N) is 2. The Morgan fingerprint density at radius 3 is 2.56 bits per heavy atom. The molecular weight excluding hydrogens is 208 g/mol. The lowest BCUT2D eigenvalue weighted by atomic mass is 10.1. The first-order chi connectivity index (χ1) is 7.55. The molecule has 0 unspecified atom stereocenters. The van der Waals surface area contributed by atoms with Crippen LogP contribution in [0.3, 0.4) is 0 Å². The van der Waals surface area contributed by atoms with Crippen LogP contribution in [0.15, 0.2) is 0 Å². The van der Waals surface area contributed by atoms with Gasteiger partial charge in [0.15, 0.2) is 0 Å². The number of hydrogen-bond acceptors (Lipinski definition) is 4. The van der Waals surface area contributed by atoms with Gasteiger partial charge in [0, 0.05) is 13.6 Å². The Hall–Kier alpha value is -1.57. The third-order valence-electron chi connectivity index (χ3n) is 2.68. The normalized spacial score (nSPS) is 16.1. The quantitative estimate of drug-likeness (QED) is 0.644. The Bertz CT molecular complexity index is 329. The Labute approximate surface area is 95.0 Å². The molecule has 0 radical (unpaired) electrons. The first-order valence-corrected chi connectivity index (χ1v) is 5.38. The molecule has 0 aromatic carbocycles. The van der Waals surface area contributed by atoms with Crippen LogP contribution in [0.25, 0.3) is 0 Å². The lowest BCUT2D eigenvalue weighted by molar-refractivity contribution is -0.144. The van der Waals surface area contributed by atoms with Crippen LogP contribution in [0, 0.1) is 16.7 Å². The smallest absolute Gasteiger partial charge is 0.307 e. The summed E-state index contributed by atoms with van der Waals surface area (Å²) in [7, 11) is 1.61. The summed E-state index contributed by atoms with van der Waals surface area (Å²) < 4.78 is 4.76. The molecule has 1 aliphatic carbocycles. The molecule has 0 spiro atoms. The number of carbonyl (C=O) groups excluding carboxylic acids is 2. The monoisotopic (exact) mass is 224 g/mol. The zero-order valence-electron chi connectivity index (χ0n) is 9.65. The van der Waals surface area contributed by atoms with Gasteiger partial charge in [0.05, 0.1) is 19.1 Å². The summed E-state index contributed by atoms with van der Waals surface area (Å²) >= 11 is 0. The summed E-state index contributed by atoms with van der Waals surface area (Å²) in [6, 6.07) is 2.04. The molecule has 0 bridgehead atoms. The number of nitriles is 1. The minimum atomic E-state index is -0.802. The van der Waals surface area contributed by atoms with Gasteiger partial charge >= 0.3 is 5.97 Å². The number of hydrogen-bond donors (Lipinski definition) is 0. The van der Waals surface area contributed by atoms with E-state index in [1.807, 2.05) is 6.07 Å². The van der Waals surface area contributed by atoms with Crippen molar-refractivity contribution in [1.82, 2.24) is 4.90 Å². The highest BCUT2D eigenvalue weighted by atomic mass is 16.5. The highest BCUT2D eigenvalue weighted by Gasteiger charge is 2.51. The van der Waals surface area contributed by atoms with Crippen LogP contribution in [0.1, 0.15) is 26.2 Å². The van der Waals surface area contributed by atoms with E-state index in [0.717, 1.165) is 0 Å². The van der Waals surface area contributed by atoms with E-state index < -0.39 is 5.41 Å². The third kappa shape index (κ3) is 2.72. The zero-order valence-corrected chi connectivity index (χ0v) is 9.65. The van der Waals surface area contributed by atoms with Crippen molar-refractivity contribution in [2.75, 3.05) is 20.2 Å². The first kappa shape index (κ1) is 12.5. The topological polar surface area (TPSA) is 70.4 Å². The summed E-state index contributed by atoms with van der Waals surface area (Å²) in [6.45, 7) is 2.39. The Morgan fingerprint density at radius 2 is 2.12 bits per heavy atom. The van der Waals surface area contributed by atoms with Crippen LogP contribution in [0.4, 0.5) is 0 Å². The molecule has 0 N–H and O–H groups in total. The van der Waals surface area contributed by atoms with Crippen LogP contribution < -0.4 is 0 Å². The van der Waals surface area contributed by atoms with Crippen LogP contribution in [0.5, 0.6) is 0 Å². The molecule has 1 fully saturated rings. The van der Waals surface area contributed by atoms with Crippen LogP contribution >= 0.6 is 0 Å². The highest BCUT2D eigenvalue weighted by molar-refractivity contribution is 5.88. The van der Waals surface area contributed by atoms with Gasteiger partial charge in [0.1, 0.15) is 5.41 Å². The van der Waals surface area contributed by atoms with Crippen molar-refractivity contribution >= 4 is 11.9 Å². The molecule has 0 aromatic rings. The average molecular weight is 224 g/mol. The molecule has 16 heavy (non-hydrogen) atoms. The predicted octanol–water partition coefficient (Wildman–Crippen LogP) is 0.702. The van der Waals surface area contributed by atoms with E-state index in [4.69, 9.17) is 10.00 Å². The molecule has 5 heteroatoms. The van der Waals surface area contributed by atoms with Gasteiger partial charge in [-0.15, -0.1) is 0 Å². The second kappa shape index (κ2) is 4.97. The minimum absolute atomic E-state index is 0.178. The number of carbonyl (C=O) groups is 2. The Morgan fingerprint density at radius 1 is 1.50 bits per heavy atom. The SMILES string of the molecule is CCOC(=O)CCN(C)C(=O)C1(C#N)CC1. The van der Waals surface area contributed by atoms with Crippen LogP contribution in [-0.2, 0) is 14.3 Å². The maximum atomic E-state index is 11.8. The van der Waals surface area contributed by atoms with Gasteiger partial charge in [-0.1, -0.05) is 0 Å². The highest BCUT2D eigenvalue weighted by Crippen LogP contribution is 2.46. The summed E-state index contributed by atoms with van der Waals surface area (Å²) in [6.07, 6.45) is 1.44. The first-order valence-electron chi connectivity index (χ1n) is 5.38. The maximum Gasteiger partial charge on any atom is 0.307 e. The third-order valence-corrected chi connectivity index (χ3v) is 2.68. The molecule has 5 nitrogen and oxygen atoms in total. The molecule has 0 aromatic heterocycles. The maximum absolute atomic E-state index is 11.8. The summed E-state index contributed by atoms with van der Waals surface area (Å²) in [5.41, 5.74) is -0.802. The fraction of sp³-hybridized carbons (Fsp3) is 0.727. The molecule has 1 aliphatic rings. The number of amides is 1. The van der Waals surface area contributed by atoms with Crippen molar-refractivity contribution in [1.29, 1.82) is 5.26 Å². The van der Waals surface area contributed by atoms with E-state index in [2.05, 4.69) is 0 Å². The fourth-order valence-corrected chi connectivity index (χ4v) is 1.46. The van der Waals surface area contributed by atoms with Gasteiger partial charge < -0.3 is 9.64 Å². The van der Waals surface area contributed by atoms with Gasteiger partial charge in [-0.2, -0.15) is 5.26 Å². The molecule has 1 saturated carbocycles. The van der Waals surface area contributed by atoms with E-state index in [9.17, 15) is 9.59 Å². The number of esters is 1. The van der Waals surface area contributed by atoms with E-state index in [1.54, 1.807) is 14.0 Å². The average Bonchev–Trinajstić information content (AvgIpc) is 3.06. The van der Waals surface area contributed by atoms with Crippen molar-refractivity contribution in [3.05, 3.63) is 0 Å². The lowest BCUT2D eigenvalue weighted by Crippen LogP contribution is -2.35. The molecule has 1 amide bonds. The summed E-state index contributed by atoms with van der Waals surface area (Å²) in [5, 5.41) is 8.85. The second-order valence-electron chi connectivity index (χ2n) is 3.98. The van der Waals surface area contributed by atoms with Crippen molar-refractivity contribution < 1.29 is 14.3 Å². The zero-order chi connectivity index (χ0) is 12.2. The van der Waals surface area contributed by atoms with Crippen molar-refractivity contribution in [3.63, 3.8) is 0 Å². The van der Waals surface area contributed by atoms with Crippen LogP contribution in [-0.4, -0.2) is 37.0 Å². The standard InChI is InChI=1S/C11H16N2O3/c1-3-16-9(14)4-7-13(2)10(15)11(8-12)5-6-11/h3-7H2,1-2H3. The van der Waals surface area contributed by atoms with Gasteiger partial charge in [-0.25, -0.2) is 0 Å². The molecule has 0 aliphatic heterocycles. The van der Waals surface area contributed by atoms with Crippen molar-refractivity contribution in [2.24, 2.45) is 5.41 Å². The van der Waals surface area contributed by atoms with Gasteiger partial charge in [0.25, 0.3) is 0 Å². The molecule has 1 rings (SSSR count). The van der Waals surface area contributed by atoms with Gasteiger partial charge in [-0.3, -0.25) is 9.59 Å². The Kier molecular flexibility index (Phi) is 3.88. The molecule has 0 atom stereocenters. The summed E-state index contributed by atoms with van der Waals surface area (Å²) in [4.78, 5) is 24.3. The molecule has 88 valence electrons. The number of ether oxygens (including phenoxy) is 1. The van der Waals surface area contributed by atoms with Crippen molar-refractivity contribution in [2.45, 2.75) is 26.2 Å². The number of rotatable bonds is 5. The molecular formula is C11H16N2O3. The predicted molar refractivity (Wildman–Crippen MR) is 56.2 cm³/mol. The van der Waals surface area contributed by atoms with Crippen LogP contribution in [0.2, 0.25) is 0 Å². The van der Waals surface area contributed by atoms with Crippen molar-refractivity contribution in [3.8, 4) is 6.07 Å². The lowest BCUT2D eigenvalue weighted by Gasteiger charge is -2.18. The largest absolute Gasteiger partial charge is 0.466 e. The van der Waals surface area contributed by atoms with E-state index in [1.165, 1.54) is 4.90 Å². The minimum Gasteiger partial charge on any atom is -0.466 e. The van der Waals surface area contributed by atoms with E-state index in [0.29, 0.717) is 26.0 Å². The Balaban J connectivity index is 2.36. The van der Waals surface area contributed by atoms with E-state index >= 15 is 0 Å². The second-order valence-corrected chi connectivity index (χ2v) is 3.98. The van der Waals surface area contributed by atoms with E-state index in [-0.39, 0.29) is 18.3 Å². The summed E-state index contributed by atoms with van der Waals surface area (Å²) in [5.74, 6) is -0.497. The van der Waals surface area contributed by atoms with Gasteiger partial charge in [-0.05, 0) is 19.8 Å². The fourth-order valence-electron chi connectivity index (χ4n) is 1.46. The molecule has 0 saturated heterocycles.